The number of carbonyl (C=O) groups is 2. The zero-order chi connectivity index (χ0) is 17.4. The lowest BCUT2D eigenvalue weighted by molar-refractivity contribution is -0.115. The van der Waals surface area contributed by atoms with E-state index in [1.165, 1.54) is 31.6 Å². The highest BCUT2D eigenvalue weighted by Gasteiger charge is 2.17. The Balaban J connectivity index is 2.08. The monoisotopic (exact) mass is 345 g/mol. The first kappa shape index (κ1) is 17.3. The topological polar surface area (TPSA) is 105 Å². The van der Waals surface area contributed by atoms with Crippen molar-refractivity contribution in [3.8, 4) is 0 Å². The number of oxime groups is 1. The number of thiophene rings is 1. The number of hydrazone groups is 1. The van der Waals surface area contributed by atoms with Gasteiger partial charge in [0.25, 0.3) is 5.91 Å². The second-order valence-electron chi connectivity index (χ2n) is 4.46. The third-order valence-electron chi connectivity index (χ3n) is 2.62. The fourth-order valence-electron chi connectivity index (χ4n) is 1.68. The number of anilines is 1. The van der Waals surface area contributed by atoms with Crippen LogP contribution in [-0.2, 0) is 14.4 Å². The summed E-state index contributed by atoms with van der Waals surface area (Å²) in [7, 11) is 1.34. The van der Waals surface area contributed by atoms with Crippen LogP contribution in [0.4, 0.5) is 5.00 Å². The first-order chi connectivity index (χ1) is 11.6. The molecule has 0 unspecified atom stereocenters. The molecule has 9 heteroatoms. The zero-order valence-corrected chi connectivity index (χ0v) is 13.8. The Morgan fingerprint density at radius 1 is 1.38 bits per heavy atom. The van der Waals surface area contributed by atoms with Crippen molar-refractivity contribution in [2.24, 2.45) is 10.3 Å². The van der Waals surface area contributed by atoms with Crippen LogP contribution in [0.3, 0.4) is 0 Å². The van der Waals surface area contributed by atoms with Crippen molar-refractivity contribution in [1.82, 2.24) is 10.4 Å². The third kappa shape index (κ3) is 4.99. The van der Waals surface area contributed by atoms with Gasteiger partial charge in [0.2, 0.25) is 5.91 Å². The number of rotatable bonds is 6. The summed E-state index contributed by atoms with van der Waals surface area (Å²) >= 11 is 1.27. The Morgan fingerprint density at radius 3 is 2.88 bits per heavy atom. The number of nitrogens with one attached hydrogen (secondary N) is 2. The third-order valence-corrected chi connectivity index (χ3v) is 3.47. The summed E-state index contributed by atoms with van der Waals surface area (Å²) in [5.74, 6) is -0.741. The van der Waals surface area contributed by atoms with Crippen molar-refractivity contribution in [2.75, 3.05) is 12.4 Å². The van der Waals surface area contributed by atoms with Gasteiger partial charge in [0, 0.05) is 24.1 Å². The predicted octanol–water partition coefficient (Wildman–Crippen LogP) is 1.60. The molecule has 0 saturated heterocycles. The predicted molar refractivity (Wildman–Crippen MR) is 92.1 cm³/mol. The summed E-state index contributed by atoms with van der Waals surface area (Å²) < 4.78 is 0. The van der Waals surface area contributed by atoms with E-state index < -0.39 is 5.91 Å². The van der Waals surface area contributed by atoms with Gasteiger partial charge in [-0.05, 0) is 18.2 Å². The van der Waals surface area contributed by atoms with Gasteiger partial charge in [-0.25, -0.2) is 5.43 Å². The summed E-state index contributed by atoms with van der Waals surface area (Å²) in [5.41, 5.74) is 3.52. The second-order valence-corrected chi connectivity index (χ2v) is 5.37. The maximum Gasteiger partial charge on any atom is 0.294 e. The number of pyridine rings is 1. The lowest BCUT2D eigenvalue weighted by Crippen LogP contribution is -2.28. The molecule has 0 fully saturated rings. The van der Waals surface area contributed by atoms with Gasteiger partial charge >= 0.3 is 0 Å². The lowest BCUT2D eigenvalue weighted by atomic mass is 10.2. The van der Waals surface area contributed by atoms with Crippen LogP contribution in [0, 0.1) is 0 Å². The molecule has 0 aromatic carbocycles. The van der Waals surface area contributed by atoms with Gasteiger partial charge in [0.1, 0.15) is 7.11 Å². The Bertz CT molecular complexity index is 770. The van der Waals surface area contributed by atoms with Gasteiger partial charge in [0.05, 0.1) is 16.9 Å². The maximum atomic E-state index is 12.2. The molecule has 2 N–H and O–H groups in total. The van der Waals surface area contributed by atoms with E-state index >= 15 is 0 Å². The smallest absolute Gasteiger partial charge is 0.294 e. The van der Waals surface area contributed by atoms with Crippen molar-refractivity contribution < 1.29 is 14.4 Å². The van der Waals surface area contributed by atoms with E-state index in [0.29, 0.717) is 16.3 Å². The Kier molecular flexibility index (Phi) is 6.15. The molecule has 0 saturated carbocycles. The first-order valence-corrected chi connectivity index (χ1v) is 7.70. The molecular formula is C15H15N5O3S. The van der Waals surface area contributed by atoms with E-state index in [1.54, 1.807) is 29.8 Å². The number of amides is 2. The van der Waals surface area contributed by atoms with Crippen LogP contribution in [0.1, 0.15) is 18.2 Å². The molecule has 0 spiro atoms. The van der Waals surface area contributed by atoms with Gasteiger partial charge in [-0.2, -0.15) is 5.10 Å². The largest absolute Gasteiger partial charge is 0.398 e. The minimum atomic E-state index is -0.545. The van der Waals surface area contributed by atoms with E-state index in [2.05, 4.69) is 26.0 Å². The van der Waals surface area contributed by atoms with Gasteiger partial charge < -0.3 is 10.2 Å². The molecule has 0 bridgehead atoms. The van der Waals surface area contributed by atoms with E-state index in [1.807, 2.05) is 6.07 Å². The lowest BCUT2D eigenvalue weighted by Gasteiger charge is -2.02. The normalized spacial score (nSPS) is 11.3. The fourth-order valence-corrected chi connectivity index (χ4v) is 2.51. The van der Waals surface area contributed by atoms with Crippen LogP contribution in [0.5, 0.6) is 0 Å². The van der Waals surface area contributed by atoms with Crippen LogP contribution in [-0.4, -0.2) is 35.8 Å². The highest BCUT2D eigenvalue weighted by Crippen LogP contribution is 2.21. The minimum Gasteiger partial charge on any atom is -0.398 e. The number of nitrogens with zero attached hydrogens (tertiary/aromatic N) is 3. The Labute approximate surface area is 142 Å². The van der Waals surface area contributed by atoms with Gasteiger partial charge in [-0.1, -0.05) is 11.2 Å². The average Bonchev–Trinajstić information content (AvgIpc) is 3.00. The molecule has 0 aliphatic heterocycles. The van der Waals surface area contributed by atoms with E-state index in [9.17, 15) is 9.59 Å². The molecule has 2 rings (SSSR count). The van der Waals surface area contributed by atoms with E-state index in [-0.39, 0.29) is 11.6 Å². The summed E-state index contributed by atoms with van der Waals surface area (Å²) in [6, 6.07) is 6.97. The molecule has 2 aromatic rings. The molecule has 0 radical (unpaired) electrons. The Hall–Kier alpha value is -3.07. The molecule has 0 aliphatic rings. The summed E-state index contributed by atoms with van der Waals surface area (Å²) in [6.45, 7) is 1.41. The minimum absolute atomic E-state index is 0.0449. The van der Waals surface area contributed by atoms with Gasteiger partial charge in [0.15, 0.2) is 5.71 Å². The van der Waals surface area contributed by atoms with Crippen LogP contribution in [0.25, 0.3) is 0 Å². The molecule has 2 amide bonds. The molecule has 0 atom stereocenters. The molecular weight excluding hydrogens is 330 g/mol. The average molecular weight is 345 g/mol. The number of hydrogen-bond donors (Lipinski definition) is 2. The number of hydrogen-bond acceptors (Lipinski definition) is 7. The first-order valence-electron chi connectivity index (χ1n) is 6.82. The quantitative estimate of drug-likeness (QED) is 0.613. The van der Waals surface area contributed by atoms with Gasteiger partial charge in [-0.15, -0.1) is 11.3 Å². The molecule has 24 heavy (non-hydrogen) atoms. The van der Waals surface area contributed by atoms with Crippen molar-refractivity contribution in [1.29, 1.82) is 0 Å². The van der Waals surface area contributed by atoms with Crippen LogP contribution in [0.15, 0.2) is 46.1 Å². The highest BCUT2D eigenvalue weighted by molar-refractivity contribution is 7.14. The molecule has 0 aliphatic carbocycles. The fraction of sp³-hybridized carbons (Fsp3) is 0.133. The van der Waals surface area contributed by atoms with E-state index in [4.69, 9.17) is 4.84 Å². The zero-order valence-electron chi connectivity index (χ0n) is 13.0. The summed E-state index contributed by atoms with van der Waals surface area (Å²) in [5, 5.41) is 12.5. The van der Waals surface area contributed by atoms with Crippen molar-refractivity contribution in [3.05, 3.63) is 47.1 Å². The maximum absolute atomic E-state index is 12.2. The van der Waals surface area contributed by atoms with Gasteiger partial charge in [-0.3, -0.25) is 14.6 Å². The summed E-state index contributed by atoms with van der Waals surface area (Å²) in [6.07, 6.45) is 3.04. The molecule has 2 aromatic heterocycles. The van der Waals surface area contributed by atoms with E-state index in [0.717, 1.165) is 0 Å². The SMILES string of the molecule is CON=C(C(=O)NN=Cc1ccccn1)c1csc(NC(C)=O)c1. The van der Waals surface area contributed by atoms with Crippen molar-refractivity contribution in [2.45, 2.75) is 6.92 Å². The van der Waals surface area contributed by atoms with Crippen LogP contribution < -0.4 is 10.7 Å². The summed E-state index contributed by atoms with van der Waals surface area (Å²) in [4.78, 5) is 32.0. The number of aromatic nitrogens is 1. The van der Waals surface area contributed by atoms with Crippen LogP contribution >= 0.6 is 11.3 Å². The number of carbonyl (C=O) groups excluding carboxylic acids is 2. The van der Waals surface area contributed by atoms with Crippen molar-refractivity contribution >= 4 is 40.1 Å². The van der Waals surface area contributed by atoms with Crippen LogP contribution in [0.2, 0.25) is 0 Å². The molecule has 124 valence electrons. The molecule has 8 nitrogen and oxygen atoms in total. The highest BCUT2D eigenvalue weighted by atomic mass is 32.1. The standard InChI is InChI=1S/C15H15N5O3S/c1-10(21)18-13-7-11(9-24-13)14(20-23-2)15(22)19-17-8-12-5-3-4-6-16-12/h3-9H,1-2H3,(H,18,21)(H,19,22). The Morgan fingerprint density at radius 2 is 2.21 bits per heavy atom. The second kappa shape index (κ2) is 8.53. The van der Waals surface area contributed by atoms with Crippen molar-refractivity contribution in [3.63, 3.8) is 0 Å². The molecule has 2 heterocycles.